The van der Waals surface area contributed by atoms with Crippen molar-refractivity contribution in [3.63, 3.8) is 0 Å². The Hall–Kier alpha value is -6.85. The van der Waals surface area contributed by atoms with Gasteiger partial charge in [0.05, 0.1) is 27.2 Å². The van der Waals surface area contributed by atoms with E-state index in [1.54, 1.807) is 118 Å². The van der Waals surface area contributed by atoms with E-state index in [1.165, 1.54) is 6.33 Å². The van der Waals surface area contributed by atoms with Crippen LogP contribution in [0.2, 0.25) is 5.02 Å². The molecule has 2 aromatic heterocycles. The van der Waals surface area contributed by atoms with Gasteiger partial charge in [-0.15, -0.1) is 0 Å². The molecule has 17 nitrogen and oxygen atoms in total. The highest BCUT2D eigenvalue weighted by Gasteiger charge is 2.49. The largest absolute Gasteiger partial charge is 0.595 e. The van der Waals surface area contributed by atoms with Crippen LogP contribution >= 0.6 is 26.1 Å². The molecule has 1 aliphatic heterocycles. The molecule has 0 aliphatic carbocycles. The molecule has 382 valence electrons. The van der Waals surface area contributed by atoms with Gasteiger partial charge in [-0.1, -0.05) is 116 Å². The second-order valence-corrected chi connectivity index (χ2v) is 22.0. The number of para-hydroxylation sites is 2. The van der Waals surface area contributed by atoms with Crippen LogP contribution in [-0.2, 0) is 45.1 Å². The lowest BCUT2D eigenvalue weighted by molar-refractivity contribution is -0.118. The van der Waals surface area contributed by atoms with Crippen LogP contribution in [0.15, 0.2) is 175 Å². The van der Waals surface area contributed by atoms with Crippen molar-refractivity contribution in [2.75, 3.05) is 26.1 Å². The first-order chi connectivity index (χ1) is 35.7. The van der Waals surface area contributed by atoms with Gasteiger partial charge in [-0.05, 0) is 89.5 Å². The minimum atomic E-state index is -4.83. The van der Waals surface area contributed by atoms with Crippen molar-refractivity contribution in [1.29, 1.82) is 0 Å². The number of hydrogen-bond donors (Lipinski definition) is 2. The molecule has 0 saturated carbocycles. The van der Waals surface area contributed by atoms with Gasteiger partial charge in [-0.3, -0.25) is 29.0 Å². The fourth-order valence-electron chi connectivity index (χ4n) is 8.11. The number of nitrogens with zero attached hydrogens (tertiary/aromatic N) is 3. The molecular formula is C53H50ClN5O12P2S. The minimum absolute atomic E-state index is 0.0213. The summed E-state index contributed by atoms with van der Waals surface area (Å²) in [6.45, 7) is -1.20. The molecule has 9 rings (SSSR count). The van der Waals surface area contributed by atoms with Crippen LogP contribution in [0.5, 0.6) is 28.7 Å². The van der Waals surface area contributed by atoms with Crippen LogP contribution in [0, 0.1) is 5.92 Å². The number of aromatic nitrogens is 4. The third kappa shape index (κ3) is 11.9. The number of rotatable bonds is 21. The Morgan fingerprint density at radius 3 is 1.82 bits per heavy atom. The zero-order valence-electron chi connectivity index (χ0n) is 40.3. The zero-order chi connectivity index (χ0) is 51.9. The average Bonchev–Trinajstić information content (AvgIpc) is 4.02. The Kier molecular flexibility index (Phi) is 16.0. The standard InChI is InChI=1S/C53H50ClN5O12P2S/c1-35(2)50(60)57-52-56-49-48(51(61)58-52)55-34-59(49)47-32-45(46(66-47)33-65-53(36-14-8-5-9-15-36,37-20-26-40(63-3)27-21-37)38-22-28-41(64-4)29-23-38)70-73(74,69-44-30-24-39(54)25-31-44)71-72(62,67-42-16-10-6-11-17-42)68-43-18-12-7-13-19-43/h5-31,34-35,45-47H,32-33H2,1-4H3,(H2,56,57,58,60,61)/t45-,46+,47+,73?/m0/s1. The van der Waals surface area contributed by atoms with E-state index in [0.717, 1.165) is 16.7 Å². The van der Waals surface area contributed by atoms with Gasteiger partial charge in [0, 0.05) is 29.2 Å². The number of H-pyrrole nitrogens is 1. The maximum absolute atomic E-state index is 15.2. The first-order valence-corrected chi connectivity index (χ1v) is 27.6. The molecule has 8 aromatic rings. The number of nitrogens with one attached hydrogen (secondary N) is 2. The number of imidazole rings is 1. The van der Waals surface area contributed by atoms with Crippen LogP contribution in [0.25, 0.3) is 11.2 Å². The molecule has 2 N–H and O–H groups in total. The number of anilines is 1. The number of carbonyl (C=O) groups excluding carboxylic acids is 1. The molecule has 1 saturated heterocycles. The smallest absolute Gasteiger partial charge is 0.497 e. The van der Waals surface area contributed by atoms with E-state index in [4.69, 9.17) is 64.8 Å². The van der Waals surface area contributed by atoms with Gasteiger partial charge in [0.2, 0.25) is 11.9 Å². The lowest BCUT2D eigenvalue weighted by Crippen LogP contribution is -2.38. The van der Waals surface area contributed by atoms with E-state index in [-0.39, 0.29) is 53.3 Å². The molecule has 0 spiro atoms. The molecule has 1 fully saturated rings. The van der Waals surface area contributed by atoms with Gasteiger partial charge < -0.3 is 32.5 Å². The highest BCUT2D eigenvalue weighted by atomic mass is 35.5. The predicted octanol–water partition coefficient (Wildman–Crippen LogP) is 11.7. The molecule has 74 heavy (non-hydrogen) atoms. The first-order valence-electron chi connectivity index (χ1n) is 23.2. The van der Waals surface area contributed by atoms with Gasteiger partial charge >= 0.3 is 14.5 Å². The number of aromatic amines is 1. The topological polar surface area (TPSA) is 193 Å². The van der Waals surface area contributed by atoms with Crippen molar-refractivity contribution in [2.45, 2.75) is 44.3 Å². The predicted molar refractivity (Wildman–Crippen MR) is 282 cm³/mol. The molecule has 1 unspecified atom stereocenters. The summed E-state index contributed by atoms with van der Waals surface area (Å²) in [6, 6.07) is 47.6. The third-order valence-corrected chi connectivity index (χ3v) is 16.5. The van der Waals surface area contributed by atoms with Crippen LogP contribution in [-0.4, -0.2) is 58.5 Å². The second kappa shape index (κ2) is 22.7. The van der Waals surface area contributed by atoms with Crippen LogP contribution in [0.1, 0.15) is 43.2 Å². The third-order valence-electron chi connectivity index (χ3n) is 11.7. The molecule has 6 aromatic carbocycles. The summed E-state index contributed by atoms with van der Waals surface area (Å²) >= 11 is 12.6. The number of methoxy groups -OCH3 is 2. The SMILES string of the molecule is COc1ccc(C(OC[C@H]2O[C@@H](n3cnc4c(=O)[nH]c(NC(=O)C(C)C)nc43)C[C@@H]2OP(=S)(Oc2ccc(Cl)cc2)OP(=O)(Oc2ccccc2)Oc2ccccc2)(c2ccccc2)c2ccc(OC)cc2)cc1. The van der Waals surface area contributed by atoms with Crippen molar-refractivity contribution in [1.82, 2.24) is 19.5 Å². The Morgan fingerprint density at radius 2 is 1.28 bits per heavy atom. The van der Waals surface area contributed by atoms with Crippen LogP contribution in [0.4, 0.5) is 5.95 Å². The number of halogens is 1. The first kappa shape index (κ1) is 52.0. The number of phosphoric acid groups is 1. The van der Waals surface area contributed by atoms with Gasteiger partial charge in [0.1, 0.15) is 52.8 Å². The molecule has 0 radical (unpaired) electrons. The number of amides is 1. The summed E-state index contributed by atoms with van der Waals surface area (Å²) in [5, 5.41) is 3.07. The summed E-state index contributed by atoms with van der Waals surface area (Å²) in [5.41, 5.74) is 0.379. The minimum Gasteiger partial charge on any atom is -0.497 e. The van der Waals surface area contributed by atoms with Gasteiger partial charge in [0.25, 0.3) is 5.56 Å². The number of hydrogen-bond acceptors (Lipinski definition) is 15. The van der Waals surface area contributed by atoms with Crippen molar-refractivity contribution < 1.29 is 50.7 Å². The van der Waals surface area contributed by atoms with Gasteiger partial charge in [-0.2, -0.15) is 9.29 Å². The zero-order valence-corrected chi connectivity index (χ0v) is 43.7. The molecule has 21 heteroatoms. The Bertz CT molecular complexity index is 3250. The fraction of sp³-hybridized carbons (Fsp3) is 0.208. The Morgan fingerprint density at radius 1 is 0.770 bits per heavy atom. The van der Waals surface area contributed by atoms with E-state index in [1.807, 2.05) is 78.9 Å². The number of benzene rings is 6. The maximum Gasteiger partial charge on any atom is 0.595 e. The lowest BCUT2D eigenvalue weighted by atomic mass is 9.80. The summed E-state index contributed by atoms with van der Waals surface area (Å²) in [5.74, 6) is 0.831. The normalized spacial score (nSPS) is 16.6. The second-order valence-electron chi connectivity index (χ2n) is 17.0. The molecule has 1 aliphatic rings. The molecule has 1 amide bonds. The van der Waals surface area contributed by atoms with Crippen molar-refractivity contribution >= 4 is 61.0 Å². The quantitative estimate of drug-likeness (QED) is 0.0509. The summed E-state index contributed by atoms with van der Waals surface area (Å²) in [4.78, 5) is 37.8. The van der Waals surface area contributed by atoms with E-state index < -0.39 is 50.1 Å². The molecular weight excluding hydrogens is 1030 g/mol. The van der Waals surface area contributed by atoms with Crippen LogP contribution in [0.3, 0.4) is 0 Å². The van der Waals surface area contributed by atoms with E-state index in [0.29, 0.717) is 16.5 Å². The average molecular weight is 1080 g/mol. The van der Waals surface area contributed by atoms with Crippen molar-refractivity contribution in [2.24, 2.45) is 5.92 Å². The number of ether oxygens (including phenoxy) is 4. The Balaban J connectivity index is 1.16. The summed E-state index contributed by atoms with van der Waals surface area (Å²) in [7, 11) is -1.65. The molecule has 4 atom stereocenters. The van der Waals surface area contributed by atoms with Crippen molar-refractivity contribution in [3.05, 3.63) is 202 Å². The lowest BCUT2D eigenvalue weighted by Gasteiger charge is -2.37. The molecule has 3 heterocycles. The Labute approximate surface area is 436 Å². The van der Waals surface area contributed by atoms with E-state index in [2.05, 4.69) is 20.3 Å². The summed E-state index contributed by atoms with van der Waals surface area (Å²) in [6.07, 6.45) is -1.77. The van der Waals surface area contributed by atoms with Crippen molar-refractivity contribution in [3.8, 4) is 28.7 Å². The fourth-order valence-corrected chi connectivity index (χ4v) is 12.9. The maximum atomic E-state index is 15.2. The monoisotopic (exact) mass is 1080 g/mol. The van der Waals surface area contributed by atoms with Gasteiger partial charge in [0.15, 0.2) is 11.2 Å². The molecule has 0 bridgehead atoms. The van der Waals surface area contributed by atoms with E-state index >= 15 is 4.57 Å². The van der Waals surface area contributed by atoms with Crippen LogP contribution < -0.4 is 33.9 Å². The van der Waals surface area contributed by atoms with E-state index in [9.17, 15) is 9.59 Å². The number of phosphoric ester groups is 1. The van der Waals surface area contributed by atoms with Gasteiger partial charge in [-0.25, -0.2) is 9.55 Å². The highest BCUT2D eigenvalue weighted by molar-refractivity contribution is 8.09. The number of fused-ring (bicyclic) bond motifs is 1. The number of carbonyl (C=O) groups is 1. The summed E-state index contributed by atoms with van der Waals surface area (Å²) < 4.78 is 74.1. The highest BCUT2D eigenvalue weighted by Crippen LogP contribution is 2.66.